The lowest BCUT2D eigenvalue weighted by molar-refractivity contribution is 0.0542. The van der Waals surface area contributed by atoms with Crippen LogP contribution >= 0.6 is 0 Å². The van der Waals surface area contributed by atoms with Gasteiger partial charge in [0.1, 0.15) is 12.4 Å². The summed E-state index contributed by atoms with van der Waals surface area (Å²) in [6.07, 6.45) is 0. The van der Waals surface area contributed by atoms with Crippen LogP contribution in [0.1, 0.15) is 11.4 Å². The van der Waals surface area contributed by atoms with E-state index < -0.39 is 0 Å². The number of methoxy groups -OCH3 is 1. The topological polar surface area (TPSA) is 52.6 Å². The van der Waals surface area contributed by atoms with Crippen molar-refractivity contribution < 1.29 is 14.2 Å². The van der Waals surface area contributed by atoms with E-state index in [0.717, 1.165) is 17.1 Å². The highest BCUT2D eigenvalue weighted by Gasteiger charge is 2.04. The van der Waals surface area contributed by atoms with Gasteiger partial charge in [0, 0.05) is 19.3 Å². The van der Waals surface area contributed by atoms with Crippen LogP contribution in [0.25, 0.3) is 0 Å². The number of pyridine rings is 1. The van der Waals surface area contributed by atoms with Crippen LogP contribution in [-0.2, 0) is 16.0 Å². The highest BCUT2D eigenvalue weighted by atomic mass is 16.5. The fraction of sp³-hybridized carbons (Fsp3) is 0.615. The van der Waals surface area contributed by atoms with Gasteiger partial charge in [-0.25, -0.2) is 0 Å². The predicted molar refractivity (Wildman–Crippen MR) is 69.9 cm³/mol. The summed E-state index contributed by atoms with van der Waals surface area (Å²) in [7, 11) is 3.55. The van der Waals surface area contributed by atoms with Crippen LogP contribution in [0.15, 0.2) is 12.1 Å². The molecule has 5 heteroatoms. The van der Waals surface area contributed by atoms with E-state index >= 15 is 0 Å². The summed E-state index contributed by atoms with van der Waals surface area (Å²) in [5.74, 6) is 0.810. The Bertz CT molecular complexity index is 345. The number of hydrogen-bond acceptors (Lipinski definition) is 5. The molecule has 0 aliphatic carbocycles. The molecule has 5 nitrogen and oxygen atoms in total. The number of hydrogen-bond donors (Lipinski definition) is 1. The lowest BCUT2D eigenvalue weighted by Crippen LogP contribution is -2.13. The number of nitrogens with zero attached hydrogens (tertiary/aromatic N) is 1. The highest BCUT2D eigenvalue weighted by Crippen LogP contribution is 2.16. The van der Waals surface area contributed by atoms with Crippen molar-refractivity contribution in [1.82, 2.24) is 10.3 Å². The molecule has 1 heterocycles. The van der Waals surface area contributed by atoms with Gasteiger partial charge in [-0.15, -0.1) is 0 Å². The monoisotopic (exact) mass is 254 g/mol. The van der Waals surface area contributed by atoms with Crippen LogP contribution in [-0.4, -0.2) is 45.6 Å². The third-order valence-electron chi connectivity index (χ3n) is 2.33. The van der Waals surface area contributed by atoms with Crippen LogP contribution in [0.2, 0.25) is 0 Å². The van der Waals surface area contributed by atoms with Gasteiger partial charge in [-0.1, -0.05) is 0 Å². The zero-order valence-electron chi connectivity index (χ0n) is 11.4. The molecule has 0 aliphatic heterocycles. The average Bonchev–Trinajstić information content (AvgIpc) is 2.36. The number of aromatic nitrogens is 1. The first-order valence-corrected chi connectivity index (χ1v) is 6.08. The molecule has 0 aliphatic rings. The second kappa shape index (κ2) is 8.85. The van der Waals surface area contributed by atoms with E-state index in [9.17, 15) is 0 Å². The molecule has 0 aromatic carbocycles. The third kappa shape index (κ3) is 5.44. The minimum absolute atomic E-state index is 0.519. The minimum atomic E-state index is 0.519. The van der Waals surface area contributed by atoms with Crippen LogP contribution < -0.4 is 10.1 Å². The fourth-order valence-corrected chi connectivity index (χ4v) is 1.48. The average molecular weight is 254 g/mol. The van der Waals surface area contributed by atoms with Gasteiger partial charge in [0.2, 0.25) is 0 Å². The van der Waals surface area contributed by atoms with E-state index in [0.29, 0.717) is 33.0 Å². The normalized spacial score (nSPS) is 10.6. The summed E-state index contributed by atoms with van der Waals surface area (Å²) in [5.41, 5.74) is 1.92. The molecule has 1 rings (SSSR count). The number of ether oxygens (including phenoxy) is 3. The van der Waals surface area contributed by atoms with Crippen LogP contribution in [0.5, 0.6) is 5.75 Å². The SMILES string of the molecule is CNCc1nc(C)ccc1OCCOCCOC. The summed E-state index contributed by atoms with van der Waals surface area (Å²) in [5, 5.41) is 3.08. The van der Waals surface area contributed by atoms with E-state index in [-0.39, 0.29) is 0 Å². The second-order valence-electron chi connectivity index (χ2n) is 3.88. The molecule has 0 saturated heterocycles. The van der Waals surface area contributed by atoms with Crippen LogP contribution in [0.4, 0.5) is 0 Å². The molecule has 1 aromatic heterocycles. The second-order valence-corrected chi connectivity index (χ2v) is 3.88. The Hall–Kier alpha value is -1.17. The predicted octanol–water partition coefficient (Wildman–Crippen LogP) is 1.15. The molecule has 18 heavy (non-hydrogen) atoms. The van der Waals surface area contributed by atoms with Gasteiger partial charge in [0.15, 0.2) is 0 Å². The summed E-state index contributed by atoms with van der Waals surface area (Å²) in [6.45, 7) is 4.94. The van der Waals surface area contributed by atoms with Crippen molar-refractivity contribution in [2.45, 2.75) is 13.5 Å². The van der Waals surface area contributed by atoms with Gasteiger partial charge in [-0.05, 0) is 26.1 Å². The van der Waals surface area contributed by atoms with Crippen molar-refractivity contribution in [3.8, 4) is 5.75 Å². The molecule has 0 unspecified atom stereocenters. The minimum Gasteiger partial charge on any atom is -0.489 e. The van der Waals surface area contributed by atoms with Gasteiger partial charge in [-0.2, -0.15) is 0 Å². The first-order chi connectivity index (χ1) is 8.77. The maximum absolute atomic E-state index is 5.66. The van der Waals surface area contributed by atoms with Crippen molar-refractivity contribution in [2.75, 3.05) is 40.6 Å². The Morgan fingerprint density at radius 2 is 1.94 bits per heavy atom. The van der Waals surface area contributed by atoms with Gasteiger partial charge >= 0.3 is 0 Å². The lowest BCUT2D eigenvalue weighted by Gasteiger charge is -2.11. The van der Waals surface area contributed by atoms with Crippen molar-refractivity contribution >= 4 is 0 Å². The number of rotatable bonds is 9. The summed E-state index contributed by atoms with van der Waals surface area (Å²) < 4.78 is 15.9. The molecule has 0 radical (unpaired) electrons. The Morgan fingerprint density at radius 1 is 1.17 bits per heavy atom. The summed E-state index contributed by atoms with van der Waals surface area (Å²) in [6, 6.07) is 3.89. The Balaban J connectivity index is 2.36. The molecule has 1 aromatic rings. The van der Waals surface area contributed by atoms with Crippen molar-refractivity contribution in [1.29, 1.82) is 0 Å². The Kier molecular flexibility index (Phi) is 7.32. The largest absolute Gasteiger partial charge is 0.489 e. The molecule has 1 N–H and O–H groups in total. The molecule has 102 valence electrons. The molecule has 0 amide bonds. The zero-order valence-corrected chi connectivity index (χ0v) is 11.4. The van der Waals surface area contributed by atoms with Crippen LogP contribution in [0.3, 0.4) is 0 Å². The van der Waals surface area contributed by atoms with E-state index in [1.54, 1.807) is 7.11 Å². The lowest BCUT2D eigenvalue weighted by atomic mass is 10.3. The van der Waals surface area contributed by atoms with Crippen LogP contribution in [0, 0.1) is 6.92 Å². The molecular formula is C13H22N2O3. The maximum atomic E-state index is 5.66. The van der Waals surface area contributed by atoms with Gasteiger partial charge in [-0.3, -0.25) is 4.98 Å². The number of nitrogens with one attached hydrogen (secondary N) is 1. The summed E-state index contributed by atoms with van der Waals surface area (Å²) >= 11 is 0. The van der Waals surface area contributed by atoms with Gasteiger partial charge in [0.25, 0.3) is 0 Å². The molecule has 0 fully saturated rings. The Morgan fingerprint density at radius 3 is 2.67 bits per heavy atom. The molecule has 0 saturated carbocycles. The quantitative estimate of drug-likeness (QED) is 0.670. The standard InChI is InChI=1S/C13H22N2O3/c1-11-4-5-13(12(15-11)10-14-2)18-9-8-17-7-6-16-3/h4-5,14H,6-10H2,1-3H3. The smallest absolute Gasteiger partial charge is 0.142 e. The maximum Gasteiger partial charge on any atom is 0.142 e. The molecule has 0 spiro atoms. The van der Waals surface area contributed by atoms with Gasteiger partial charge in [0.05, 0.1) is 25.5 Å². The first-order valence-electron chi connectivity index (χ1n) is 6.08. The van der Waals surface area contributed by atoms with E-state index in [1.807, 2.05) is 26.1 Å². The fourth-order valence-electron chi connectivity index (χ4n) is 1.48. The van der Waals surface area contributed by atoms with Crippen molar-refractivity contribution in [3.05, 3.63) is 23.5 Å². The van der Waals surface area contributed by atoms with Crippen molar-refractivity contribution in [3.63, 3.8) is 0 Å². The summed E-state index contributed by atoms with van der Waals surface area (Å²) in [4.78, 5) is 4.44. The van der Waals surface area contributed by atoms with Crippen molar-refractivity contribution in [2.24, 2.45) is 0 Å². The molecule has 0 bridgehead atoms. The Labute approximate surface area is 108 Å². The van der Waals surface area contributed by atoms with E-state index in [4.69, 9.17) is 14.2 Å². The third-order valence-corrected chi connectivity index (χ3v) is 2.33. The van der Waals surface area contributed by atoms with E-state index in [2.05, 4.69) is 10.3 Å². The molecule has 0 atom stereocenters. The molecular weight excluding hydrogens is 232 g/mol. The number of aryl methyl sites for hydroxylation is 1. The van der Waals surface area contributed by atoms with E-state index in [1.165, 1.54) is 0 Å². The highest BCUT2D eigenvalue weighted by molar-refractivity contribution is 5.29. The van der Waals surface area contributed by atoms with Gasteiger partial charge < -0.3 is 19.5 Å². The zero-order chi connectivity index (χ0) is 13.2. The first kappa shape index (κ1) is 14.9.